The maximum Gasteiger partial charge on any atom is 0.0306 e. The van der Waals surface area contributed by atoms with Gasteiger partial charge in [-0.2, -0.15) is 0 Å². The van der Waals surface area contributed by atoms with Crippen LogP contribution in [0.3, 0.4) is 0 Å². The number of benzene rings is 1. The van der Waals surface area contributed by atoms with Crippen LogP contribution >= 0.6 is 47.8 Å². The minimum absolute atomic E-state index is 0.293. The minimum Gasteiger partial charge on any atom is -0.306 e. The molecule has 0 amide bonds. The molecule has 0 heterocycles. The van der Waals surface area contributed by atoms with Crippen molar-refractivity contribution in [1.29, 1.82) is 0 Å². The van der Waals surface area contributed by atoms with Crippen molar-refractivity contribution in [2.24, 2.45) is 0 Å². The van der Waals surface area contributed by atoms with E-state index < -0.39 is 0 Å². The highest BCUT2D eigenvalue weighted by molar-refractivity contribution is 9.11. The first-order chi connectivity index (χ1) is 7.00. The van der Waals surface area contributed by atoms with Gasteiger partial charge in [0.25, 0.3) is 0 Å². The highest BCUT2D eigenvalue weighted by Crippen LogP contribution is 2.26. The van der Waals surface area contributed by atoms with E-state index in [2.05, 4.69) is 78.7 Å². The molecule has 4 heteroatoms. The fourth-order valence-electron chi connectivity index (χ4n) is 1.23. The molecule has 0 bridgehead atoms. The van der Waals surface area contributed by atoms with Crippen LogP contribution in [0.2, 0.25) is 0 Å². The molecule has 0 saturated heterocycles. The van der Waals surface area contributed by atoms with Crippen molar-refractivity contribution in [2.45, 2.75) is 13.0 Å². The molecule has 0 fully saturated rings. The van der Waals surface area contributed by atoms with Crippen molar-refractivity contribution in [2.75, 3.05) is 6.54 Å². The molecule has 1 N–H and O–H groups in total. The molecule has 1 unspecified atom stereocenters. The summed E-state index contributed by atoms with van der Waals surface area (Å²) in [5.74, 6) is 0. The maximum atomic E-state index is 3.79. The first kappa shape index (κ1) is 13.4. The Morgan fingerprint density at radius 3 is 2.67 bits per heavy atom. The Morgan fingerprint density at radius 1 is 1.47 bits per heavy atom. The van der Waals surface area contributed by atoms with Gasteiger partial charge in [-0.1, -0.05) is 60.4 Å². The Bertz CT molecular complexity index is 363. The summed E-state index contributed by atoms with van der Waals surface area (Å²) in [5, 5.41) is 3.37. The molecule has 0 radical (unpaired) electrons. The summed E-state index contributed by atoms with van der Waals surface area (Å²) in [5.41, 5.74) is 1.24. The largest absolute Gasteiger partial charge is 0.306 e. The summed E-state index contributed by atoms with van der Waals surface area (Å²) in [6.07, 6.45) is 0. The Balaban J connectivity index is 2.73. The molecule has 0 aliphatic rings. The number of halogens is 3. The van der Waals surface area contributed by atoms with Gasteiger partial charge in [0.1, 0.15) is 0 Å². The smallest absolute Gasteiger partial charge is 0.0306 e. The van der Waals surface area contributed by atoms with Gasteiger partial charge in [-0.05, 0) is 24.6 Å². The Morgan fingerprint density at radius 2 is 2.13 bits per heavy atom. The normalized spacial score (nSPS) is 12.5. The molecule has 0 spiro atoms. The van der Waals surface area contributed by atoms with E-state index in [1.54, 1.807) is 0 Å². The first-order valence-corrected chi connectivity index (χ1v) is 6.90. The predicted octanol–water partition coefficient (Wildman–Crippen LogP) is 4.77. The first-order valence-electron chi connectivity index (χ1n) is 4.52. The number of nitrogens with one attached hydrogen (secondary N) is 1. The quantitative estimate of drug-likeness (QED) is 0.771. The molecular formula is C11H12Br3N. The van der Waals surface area contributed by atoms with E-state index in [1.807, 2.05) is 6.07 Å². The second-order valence-electron chi connectivity index (χ2n) is 3.29. The molecular weight excluding hydrogens is 386 g/mol. The molecule has 1 aromatic rings. The van der Waals surface area contributed by atoms with Gasteiger partial charge in [0.05, 0.1) is 0 Å². The summed E-state index contributed by atoms with van der Waals surface area (Å²) >= 11 is 10.3. The Hall–Kier alpha value is 0.360. The van der Waals surface area contributed by atoms with E-state index in [4.69, 9.17) is 0 Å². The van der Waals surface area contributed by atoms with Gasteiger partial charge in [0.2, 0.25) is 0 Å². The Labute approximate surface area is 116 Å². The lowest BCUT2D eigenvalue weighted by Gasteiger charge is -2.15. The van der Waals surface area contributed by atoms with Gasteiger partial charge < -0.3 is 5.32 Å². The van der Waals surface area contributed by atoms with Crippen LogP contribution in [0, 0.1) is 0 Å². The van der Waals surface area contributed by atoms with Crippen molar-refractivity contribution < 1.29 is 0 Å². The number of hydrogen-bond acceptors (Lipinski definition) is 1. The minimum atomic E-state index is 0.293. The zero-order valence-corrected chi connectivity index (χ0v) is 13.1. The molecule has 1 aromatic carbocycles. The van der Waals surface area contributed by atoms with Crippen molar-refractivity contribution in [3.63, 3.8) is 0 Å². The van der Waals surface area contributed by atoms with E-state index in [1.165, 1.54) is 5.56 Å². The average Bonchev–Trinajstić information content (AvgIpc) is 2.14. The lowest BCUT2D eigenvalue weighted by Crippen LogP contribution is -2.20. The van der Waals surface area contributed by atoms with Gasteiger partial charge in [-0.15, -0.1) is 0 Å². The highest BCUT2D eigenvalue weighted by Gasteiger charge is 2.08. The van der Waals surface area contributed by atoms with Crippen LogP contribution in [0.1, 0.15) is 18.5 Å². The highest BCUT2D eigenvalue weighted by atomic mass is 79.9. The van der Waals surface area contributed by atoms with Crippen molar-refractivity contribution in [3.05, 3.63) is 43.8 Å². The van der Waals surface area contributed by atoms with Crippen LogP contribution in [0.25, 0.3) is 0 Å². The maximum absolute atomic E-state index is 3.79. The number of rotatable bonds is 4. The summed E-state index contributed by atoms with van der Waals surface area (Å²) in [6.45, 7) is 6.69. The third-order valence-corrected chi connectivity index (χ3v) is 3.49. The van der Waals surface area contributed by atoms with Gasteiger partial charge in [0, 0.05) is 26.0 Å². The molecule has 82 valence electrons. The summed E-state index contributed by atoms with van der Waals surface area (Å²) in [7, 11) is 0. The monoisotopic (exact) mass is 395 g/mol. The molecule has 0 saturated carbocycles. The van der Waals surface area contributed by atoms with Crippen LogP contribution in [0.5, 0.6) is 0 Å². The average molecular weight is 398 g/mol. The number of hydrogen-bond donors (Lipinski definition) is 1. The van der Waals surface area contributed by atoms with Gasteiger partial charge in [-0.25, -0.2) is 0 Å². The Kier molecular flexibility index (Phi) is 5.53. The second-order valence-corrected chi connectivity index (χ2v) is 6.18. The van der Waals surface area contributed by atoms with Crippen molar-refractivity contribution >= 4 is 47.8 Å². The second kappa shape index (κ2) is 6.18. The third kappa shape index (κ3) is 4.39. The molecule has 0 aromatic heterocycles. The third-order valence-electron chi connectivity index (χ3n) is 2.03. The standard InChI is InChI=1S/C11H12Br3N/c1-7(12)6-15-8(2)10-4-3-9(13)5-11(10)14/h3-5,8,15H,1,6H2,2H3. The van der Waals surface area contributed by atoms with Crippen LogP contribution in [0.15, 0.2) is 38.2 Å². The van der Waals surface area contributed by atoms with E-state index in [0.717, 1.165) is 20.0 Å². The zero-order valence-electron chi connectivity index (χ0n) is 8.36. The fraction of sp³-hybridized carbons (Fsp3) is 0.273. The SMILES string of the molecule is C=C(Br)CNC(C)c1ccc(Br)cc1Br. The van der Waals surface area contributed by atoms with E-state index in [0.29, 0.717) is 6.04 Å². The zero-order chi connectivity index (χ0) is 11.4. The summed E-state index contributed by atoms with van der Waals surface area (Å²) < 4.78 is 3.15. The van der Waals surface area contributed by atoms with Gasteiger partial charge >= 0.3 is 0 Å². The predicted molar refractivity (Wildman–Crippen MR) is 76.3 cm³/mol. The molecule has 1 nitrogen and oxygen atoms in total. The molecule has 15 heavy (non-hydrogen) atoms. The molecule has 1 rings (SSSR count). The van der Waals surface area contributed by atoms with Crippen LogP contribution < -0.4 is 5.32 Å². The van der Waals surface area contributed by atoms with E-state index >= 15 is 0 Å². The fourth-order valence-corrected chi connectivity index (χ4v) is 2.78. The van der Waals surface area contributed by atoms with Crippen LogP contribution in [-0.2, 0) is 0 Å². The van der Waals surface area contributed by atoms with E-state index in [-0.39, 0.29) is 0 Å². The lowest BCUT2D eigenvalue weighted by molar-refractivity contribution is 0.613. The van der Waals surface area contributed by atoms with Gasteiger partial charge in [0.15, 0.2) is 0 Å². The van der Waals surface area contributed by atoms with Crippen LogP contribution in [-0.4, -0.2) is 6.54 Å². The lowest BCUT2D eigenvalue weighted by atomic mass is 10.1. The van der Waals surface area contributed by atoms with Crippen molar-refractivity contribution in [1.82, 2.24) is 5.32 Å². The molecule has 0 aliphatic heterocycles. The topological polar surface area (TPSA) is 12.0 Å². The van der Waals surface area contributed by atoms with E-state index in [9.17, 15) is 0 Å². The molecule has 1 atom stereocenters. The van der Waals surface area contributed by atoms with Crippen molar-refractivity contribution in [3.8, 4) is 0 Å². The van der Waals surface area contributed by atoms with Gasteiger partial charge in [-0.3, -0.25) is 0 Å². The summed E-state index contributed by atoms with van der Waals surface area (Å²) in [6, 6.07) is 6.49. The van der Waals surface area contributed by atoms with Crippen LogP contribution in [0.4, 0.5) is 0 Å². The summed E-state index contributed by atoms with van der Waals surface area (Å²) in [4.78, 5) is 0. The molecule has 0 aliphatic carbocycles.